The van der Waals surface area contributed by atoms with E-state index in [9.17, 15) is 4.79 Å². The van der Waals surface area contributed by atoms with Gasteiger partial charge in [0.15, 0.2) is 0 Å². The zero-order valence-corrected chi connectivity index (χ0v) is 12.4. The van der Waals surface area contributed by atoms with Gasteiger partial charge in [-0.05, 0) is 55.3 Å². The van der Waals surface area contributed by atoms with Crippen molar-refractivity contribution >= 4 is 22.5 Å². The number of rotatable bonds is 2. The summed E-state index contributed by atoms with van der Waals surface area (Å²) in [6.45, 7) is 4.06. The molecule has 0 fully saturated rings. The molecule has 0 saturated carbocycles. The zero-order chi connectivity index (χ0) is 15.7. The number of hydrogen-bond donors (Lipinski definition) is 2. The molecule has 3 rings (SSSR count). The number of anilines is 1. The van der Waals surface area contributed by atoms with Crippen molar-refractivity contribution in [3.63, 3.8) is 0 Å². The second-order valence-electron chi connectivity index (χ2n) is 5.37. The van der Waals surface area contributed by atoms with Gasteiger partial charge in [-0.1, -0.05) is 12.1 Å². The van der Waals surface area contributed by atoms with E-state index in [4.69, 9.17) is 5.26 Å². The Balaban J connectivity index is 1.92. The van der Waals surface area contributed by atoms with Crippen LogP contribution in [0.15, 0.2) is 42.5 Å². The normalized spacial score (nSPS) is 10.4. The van der Waals surface area contributed by atoms with E-state index < -0.39 is 0 Å². The highest BCUT2D eigenvalue weighted by Gasteiger charge is 2.11. The van der Waals surface area contributed by atoms with E-state index in [0.29, 0.717) is 16.9 Å². The van der Waals surface area contributed by atoms with Crippen LogP contribution in [0.1, 0.15) is 27.2 Å². The predicted molar refractivity (Wildman–Crippen MR) is 86.9 cm³/mol. The summed E-state index contributed by atoms with van der Waals surface area (Å²) < 4.78 is 0. The Bertz CT molecular complexity index is 916. The van der Waals surface area contributed by atoms with Crippen molar-refractivity contribution in [2.45, 2.75) is 13.8 Å². The van der Waals surface area contributed by atoms with Crippen LogP contribution in [0.5, 0.6) is 0 Å². The van der Waals surface area contributed by atoms with Gasteiger partial charge in [0.2, 0.25) is 0 Å². The summed E-state index contributed by atoms with van der Waals surface area (Å²) in [5.41, 5.74) is 4.87. The first-order valence-corrected chi connectivity index (χ1v) is 6.98. The van der Waals surface area contributed by atoms with Gasteiger partial charge in [-0.3, -0.25) is 4.79 Å². The van der Waals surface area contributed by atoms with Crippen molar-refractivity contribution in [2.24, 2.45) is 0 Å². The number of fused-ring (bicyclic) bond motifs is 1. The minimum Gasteiger partial charge on any atom is -0.351 e. The number of nitrogens with zero attached hydrogens (tertiary/aromatic N) is 1. The Morgan fingerprint density at radius 3 is 2.77 bits per heavy atom. The van der Waals surface area contributed by atoms with Crippen LogP contribution in [0.25, 0.3) is 10.9 Å². The molecule has 1 aromatic heterocycles. The highest BCUT2D eigenvalue weighted by molar-refractivity contribution is 6.06. The number of nitrogens with one attached hydrogen (secondary N) is 2. The van der Waals surface area contributed by atoms with E-state index >= 15 is 0 Å². The molecular formula is C18H15N3O. The molecule has 4 nitrogen and oxygen atoms in total. The monoisotopic (exact) mass is 289 g/mol. The van der Waals surface area contributed by atoms with E-state index in [1.807, 2.05) is 26.0 Å². The highest BCUT2D eigenvalue weighted by Crippen LogP contribution is 2.22. The lowest BCUT2D eigenvalue weighted by Crippen LogP contribution is -2.12. The van der Waals surface area contributed by atoms with Crippen LogP contribution in [-0.2, 0) is 0 Å². The molecule has 0 aliphatic carbocycles. The number of H-pyrrole nitrogens is 1. The lowest BCUT2D eigenvalue weighted by atomic mass is 10.1. The van der Waals surface area contributed by atoms with Crippen molar-refractivity contribution in [1.82, 2.24) is 4.98 Å². The molecule has 0 radical (unpaired) electrons. The third-order valence-electron chi connectivity index (χ3n) is 3.58. The molecule has 2 N–H and O–H groups in total. The van der Waals surface area contributed by atoms with E-state index in [2.05, 4.69) is 22.4 Å². The molecule has 108 valence electrons. The number of benzene rings is 2. The fourth-order valence-corrected chi connectivity index (χ4v) is 2.59. The lowest BCUT2D eigenvalue weighted by molar-refractivity contribution is 0.102. The Kier molecular flexibility index (Phi) is 3.40. The quantitative estimate of drug-likeness (QED) is 0.751. The fourth-order valence-electron chi connectivity index (χ4n) is 2.59. The molecule has 2 aromatic carbocycles. The van der Waals surface area contributed by atoms with Gasteiger partial charge in [0.25, 0.3) is 5.91 Å². The molecule has 1 amide bonds. The molecule has 0 bridgehead atoms. The summed E-state index contributed by atoms with van der Waals surface area (Å²) in [6.07, 6.45) is 0. The van der Waals surface area contributed by atoms with Crippen LogP contribution < -0.4 is 5.32 Å². The maximum absolute atomic E-state index is 12.4. The third kappa shape index (κ3) is 2.57. The number of aromatic nitrogens is 1. The summed E-state index contributed by atoms with van der Waals surface area (Å²) in [5.74, 6) is -0.219. The zero-order valence-electron chi connectivity index (χ0n) is 12.4. The summed E-state index contributed by atoms with van der Waals surface area (Å²) in [6, 6.07) is 14.9. The second-order valence-corrected chi connectivity index (χ2v) is 5.37. The van der Waals surface area contributed by atoms with Crippen LogP contribution in [0, 0.1) is 25.2 Å². The minimum atomic E-state index is -0.219. The highest BCUT2D eigenvalue weighted by atomic mass is 16.1. The molecule has 0 atom stereocenters. The number of nitriles is 1. The van der Waals surface area contributed by atoms with E-state index in [0.717, 1.165) is 22.0 Å². The molecule has 0 aliphatic rings. The third-order valence-corrected chi connectivity index (χ3v) is 3.58. The van der Waals surface area contributed by atoms with Crippen LogP contribution in [-0.4, -0.2) is 10.9 Å². The SMILES string of the molecule is Cc1cc(C)c2cc(C(=O)Nc3cccc(C#N)c3)[nH]c2c1. The van der Waals surface area contributed by atoms with E-state index in [1.165, 1.54) is 0 Å². The summed E-state index contributed by atoms with van der Waals surface area (Å²) >= 11 is 0. The number of hydrogen-bond acceptors (Lipinski definition) is 2. The number of carbonyl (C=O) groups excluding carboxylic acids is 1. The maximum Gasteiger partial charge on any atom is 0.272 e. The molecule has 0 spiro atoms. The van der Waals surface area contributed by atoms with Gasteiger partial charge < -0.3 is 10.3 Å². The second kappa shape index (κ2) is 5.38. The average molecular weight is 289 g/mol. The molecule has 1 heterocycles. The van der Waals surface area contributed by atoms with Crippen molar-refractivity contribution in [3.8, 4) is 6.07 Å². The lowest BCUT2D eigenvalue weighted by Gasteiger charge is -2.03. The first-order valence-electron chi connectivity index (χ1n) is 6.98. The summed E-state index contributed by atoms with van der Waals surface area (Å²) in [5, 5.41) is 12.7. The van der Waals surface area contributed by atoms with Gasteiger partial charge in [-0.15, -0.1) is 0 Å². The summed E-state index contributed by atoms with van der Waals surface area (Å²) in [7, 11) is 0. The molecule has 4 heteroatoms. The molecule has 0 saturated heterocycles. The number of aromatic amines is 1. The van der Waals surface area contributed by atoms with E-state index in [-0.39, 0.29) is 5.91 Å². The van der Waals surface area contributed by atoms with Gasteiger partial charge in [-0.25, -0.2) is 0 Å². The Hall–Kier alpha value is -3.06. The van der Waals surface area contributed by atoms with Crippen molar-refractivity contribution < 1.29 is 4.79 Å². The van der Waals surface area contributed by atoms with Crippen LogP contribution in [0.2, 0.25) is 0 Å². The largest absolute Gasteiger partial charge is 0.351 e. The van der Waals surface area contributed by atoms with Crippen molar-refractivity contribution in [1.29, 1.82) is 5.26 Å². The van der Waals surface area contributed by atoms with Gasteiger partial charge in [-0.2, -0.15) is 5.26 Å². The Labute approximate surface area is 128 Å². The van der Waals surface area contributed by atoms with Crippen LogP contribution in [0.3, 0.4) is 0 Å². The summed E-state index contributed by atoms with van der Waals surface area (Å²) in [4.78, 5) is 15.5. The number of amides is 1. The minimum absolute atomic E-state index is 0.219. The molecule has 22 heavy (non-hydrogen) atoms. The van der Waals surface area contributed by atoms with Gasteiger partial charge in [0.1, 0.15) is 5.69 Å². The Morgan fingerprint density at radius 2 is 2.00 bits per heavy atom. The first kappa shape index (κ1) is 13.9. The smallest absolute Gasteiger partial charge is 0.272 e. The standard InChI is InChI=1S/C18H15N3O/c1-11-6-12(2)15-9-17(21-16(15)7-11)18(22)20-14-5-3-4-13(8-14)10-19/h3-9,21H,1-2H3,(H,20,22). The van der Waals surface area contributed by atoms with E-state index in [1.54, 1.807) is 24.3 Å². The van der Waals surface area contributed by atoms with Crippen molar-refractivity contribution in [2.75, 3.05) is 5.32 Å². The van der Waals surface area contributed by atoms with Gasteiger partial charge in [0.05, 0.1) is 11.6 Å². The van der Waals surface area contributed by atoms with Crippen LogP contribution >= 0.6 is 0 Å². The molecule has 3 aromatic rings. The predicted octanol–water partition coefficient (Wildman–Crippen LogP) is 3.91. The molecule has 0 aliphatic heterocycles. The van der Waals surface area contributed by atoms with Crippen molar-refractivity contribution in [3.05, 3.63) is 64.8 Å². The maximum atomic E-state index is 12.4. The number of carbonyl (C=O) groups is 1. The number of aryl methyl sites for hydroxylation is 2. The van der Waals surface area contributed by atoms with Crippen LogP contribution in [0.4, 0.5) is 5.69 Å². The van der Waals surface area contributed by atoms with Gasteiger partial charge >= 0.3 is 0 Å². The molecule has 0 unspecified atom stereocenters. The van der Waals surface area contributed by atoms with Gasteiger partial charge in [0, 0.05) is 16.6 Å². The fraction of sp³-hybridized carbons (Fsp3) is 0.111. The average Bonchev–Trinajstić information content (AvgIpc) is 2.92. The topological polar surface area (TPSA) is 68.7 Å². The molecular weight excluding hydrogens is 274 g/mol. The Morgan fingerprint density at radius 1 is 1.18 bits per heavy atom. The first-order chi connectivity index (χ1) is 10.6.